The second-order valence-corrected chi connectivity index (χ2v) is 20.6. The fourth-order valence-electron chi connectivity index (χ4n) is 13.6. The van der Waals surface area contributed by atoms with Gasteiger partial charge < -0.3 is 65.3 Å². The number of allylic oxidation sites excluding steroid dienone is 3. The molecule has 0 amide bonds. The summed E-state index contributed by atoms with van der Waals surface area (Å²) in [5.74, 6) is -0.237. The van der Waals surface area contributed by atoms with Gasteiger partial charge in [-0.3, -0.25) is 0 Å². The maximum Gasteiger partial charge on any atom is 0.187 e. The quantitative estimate of drug-likeness (QED) is 0.167. The first-order valence-corrected chi connectivity index (χ1v) is 21.1. The summed E-state index contributed by atoms with van der Waals surface area (Å²) in [4.78, 5) is 0. The molecule has 13 nitrogen and oxygen atoms in total. The van der Waals surface area contributed by atoms with E-state index in [1.54, 1.807) is 0 Å². The SMILES string of the molecule is CC1CC(OC2CCC3(C)C(CCC4(C)C3C=CC3=C5CC(C)(CO)CCC5(CO)C(O)CC34C)C2(C)CO)C(O)C(OC2OC(CO)C(O)C(O)C2O)C1O. The average molecular weight is 795 g/mol. The van der Waals surface area contributed by atoms with Gasteiger partial charge in [0.2, 0.25) is 0 Å². The fourth-order valence-corrected chi connectivity index (χ4v) is 13.6. The van der Waals surface area contributed by atoms with Crippen molar-refractivity contribution in [2.24, 2.45) is 50.2 Å². The summed E-state index contributed by atoms with van der Waals surface area (Å²) >= 11 is 0. The predicted molar refractivity (Wildman–Crippen MR) is 203 cm³/mol. The lowest BCUT2D eigenvalue weighted by molar-refractivity contribution is -0.335. The van der Waals surface area contributed by atoms with Crippen LogP contribution in [0.15, 0.2) is 23.3 Å². The molecule has 10 N–H and O–H groups in total. The van der Waals surface area contributed by atoms with E-state index in [9.17, 15) is 51.1 Å². The lowest BCUT2D eigenvalue weighted by Gasteiger charge is -2.70. The van der Waals surface area contributed by atoms with Crippen LogP contribution in [-0.2, 0) is 14.2 Å². The third kappa shape index (κ3) is 6.11. The van der Waals surface area contributed by atoms with Crippen LogP contribution in [0.2, 0.25) is 0 Å². The standard InChI is InChI=1S/C43H70O13/c1-22-15-25(33(51)36(31(22)49)56-37-35(53)34(52)32(50)26(18-44)55-37)54-30-10-11-39(3)27(40(30,4)20-46)9-12-41(5)28(39)8-7-23-24-16-38(2,19-45)13-14-43(24,21-47)29(48)17-42(23,41)6/h7-8,22,25-37,44-53H,9-21H2,1-6H3. The molecule has 320 valence electrons. The molecule has 20 atom stereocenters. The zero-order valence-electron chi connectivity index (χ0n) is 34.1. The summed E-state index contributed by atoms with van der Waals surface area (Å²) in [7, 11) is 0. The van der Waals surface area contributed by atoms with Crippen LogP contribution in [0.5, 0.6) is 0 Å². The lowest BCUT2D eigenvalue weighted by Crippen LogP contribution is -2.66. The Hall–Kier alpha value is -1.04. The Balaban J connectivity index is 1.15. The number of aliphatic hydroxyl groups is 10. The van der Waals surface area contributed by atoms with E-state index in [4.69, 9.17) is 14.2 Å². The monoisotopic (exact) mass is 794 g/mol. The smallest absolute Gasteiger partial charge is 0.187 e. The molecule has 0 radical (unpaired) electrons. The normalized spacial score (nSPS) is 55.9. The summed E-state index contributed by atoms with van der Waals surface area (Å²) in [6, 6.07) is 0. The Labute approximate surface area is 331 Å². The third-order valence-electron chi connectivity index (χ3n) is 17.6. The van der Waals surface area contributed by atoms with Crippen molar-refractivity contribution in [2.75, 3.05) is 26.4 Å². The van der Waals surface area contributed by atoms with Gasteiger partial charge in [0, 0.05) is 22.9 Å². The van der Waals surface area contributed by atoms with Gasteiger partial charge in [0.25, 0.3) is 0 Å². The Morgan fingerprint density at radius 3 is 2.12 bits per heavy atom. The largest absolute Gasteiger partial charge is 0.396 e. The highest BCUT2D eigenvalue weighted by Gasteiger charge is 2.69. The van der Waals surface area contributed by atoms with Gasteiger partial charge in [-0.2, -0.15) is 0 Å². The Kier molecular flexibility index (Phi) is 11.4. The van der Waals surface area contributed by atoms with Crippen LogP contribution in [0.4, 0.5) is 0 Å². The van der Waals surface area contributed by atoms with Crippen LogP contribution in [0.1, 0.15) is 99.3 Å². The number of ether oxygens (including phenoxy) is 3. The summed E-state index contributed by atoms with van der Waals surface area (Å²) in [6.45, 7) is 12.1. The molecule has 56 heavy (non-hydrogen) atoms. The Morgan fingerprint density at radius 1 is 0.768 bits per heavy atom. The van der Waals surface area contributed by atoms with Crippen LogP contribution in [0, 0.1) is 50.2 Å². The number of hydrogen-bond donors (Lipinski definition) is 10. The van der Waals surface area contributed by atoms with Crippen LogP contribution in [0.25, 0.3) is 0 Å². The number of aliphatic hydroxyl groups excluding tert-OH is 10. The van der Waals surface area contributed by atoms with E-state index in [0.29, 0.717) is 32.1 Å². The average Bonchev–Trinajstić information content (AvgIpc) is 3.17. The van der Waals surface area contributed by atoms with Crippen molar-refractivity contribution >= 4 is 0 Å². The minimum Gasteiger partial charge on any atom is -0.396 e. The molecule has 13 heteroatoms. The van der Waals surface area contributed by atoms with Gasteiger partial charge >= 0.3 is 0 Å². The molecule has 1 saturated heterocycles. The van der Waals surface area contributed by atoms with E-state index < -0.39 is 90.7 Å². The van der Waals surface area contributed by atoms with E-state index in [2.05, 4.69) is 46.8 Å². The van der Waals surface area contributed by atoms with Crippen LogP contribution >= 0.6 is 0 Å². The first-order chi connectivity index (χ1) is 26.2. The van der Waals surface area contributed by atoms with Crippen molar-refractivity contribution in [3.05, 3.63) is 23.3 Å². The van der Waals surface area contributed by atoms with Crippen molar-refractivity contribution in [1.29, 1.82) is 0 Å². The molecule has 0 aromatic rings. The molecule has 0 aromatic heterocycles. The number of hydrogen-bond acceptors (Lipinski definition) is 13. The fraction of sp³-hybridized carbons (Fsp3) is 0.907. The van der Waals surface area contributed by atoms with Gasteiger partial charge in [0.05, 0.1) is 44.2 Å². The molecule has 20 unspecified atom stereocenters. The van der Waals surface area contributed by atoms with Gasteiger partial charge in [0.15, 0.2) is 6.29 Å². The van der Waals surface area contributed by atoms with Crippen molar-refractivity contribution in [1.82, 2.24) is 0 Å². The van der Waals surface area contributed by atoms with Gasteiger partial charge in [-0.1, -0.05) is 59.3 Å². The minimum atomic E-state index is -1.70. The second kappa shape index (κ2) is 14.8. The van der Waals surface area contributed by atoms with Crippen molar-refractivity contribution in [3.63, 3.8) is 0 Å². The number of fused-ring (bicyclic) bond motifs is 6. The van der Waals surface area contributed by atoms with Crippen molar-refractivity contribution in [3.8, 4) is 0 Å². The highest BCUT2D eigenvalue weighted by Crippen LogP contribution is 2.74. The van der Waals surface area contributed by atoms with E-state index >= 15 is 0 Å². The first-order valence-electron chi connectivity index (χ1n) is 21.1. The lowest BCUT2D eigenvalue weighted by atomic mass is 9.35. The topological polar surface area (TPSA) is 230 Å². The molecule has 7 aliphatic rings. The molecule has 5 fully saturated rings. The summed E-state index contributed by atoms with van der Waals surface area (Å²) < 4.78 is 18.3. The molecule has 0 bridgehead atoms. The third-order valence-corrected chi connectivity index (χ3v) is 17.6. The Morgan fingerprint density at radius 2 is 1.48 bits per heavy atom. The van der Waals surface area contributed by atoms with Gasteiger partial charge in [-0.05, 0) is 97.4 Å². The molecule has 0 aromatic carbocycles. The summed E-state index contributed by atoms with van der Waals surface area (Å²) in [6.07, 6.45) is -2.89. The van der Waals surface area contributed by atoms with Crippen molar-refractivity contribution < 1.29 is 65.3 Å². The molecule has 0 spiro atoms. The van der Waals surface area contributed by atoms with E-state index in [1.165, 1.54) is 5.57 Å². The summed E-state index contributed by atoms with van der Waals surface area (Å²) in [5.41, 5.74) is -0.280. The molecule has 1 aliphatic heterocycles. The van der Waals surface area contributed by atoms with Crippen molar-refractivity contribution in [2.45, 2.75) is 167 Å². The molecule has 1 heterocycles. The zero-order valence-corrected chi connectivity index (χ0v) is 34.1. The minimum absolute atomic E-state index is 0.0431. The maximum atomic E-state index is 12.0. The van der Waals surface area contributed by atoms with E-state index in [1.807, 2.05) is 6.92 Å². The molecular formula is C43H70O13. The maximum absolute atomic E-state index is 12.0. The van der Waals surface area contributed by atoms with Crippen LogP contribution < -0.4 is 0 Å². The molecule has 4 saturated carbocycles. The molecule has 7 rings (SSSR count). The van der Waals surface area contributed by atoms with Crippen LogP contribution in [0.3, 0.4) is 0 Å². The van der Waals surface area contributed by atoms with Crippen LogP contribution in [-0.4, -0.2) is 145 Å². The Bertz CT molecular complexity index is 1520. The summed E-state index contributed by atoms with van der Waals surface area (Å²) in [5, 5.41) is 108. The van der Waals surface area contributed by atoms with Gasteiger partial charge in [-0.25, -0.2) is 0 Å². The highest BCUT2D eigenvalue weighted by molar-refractivity contribution is 5.47. The molecule has 6 aliphatic carbocycles. The second-order valence-electron chi connectivity index (χ2n) is 20.6. The highest BCUT2D eigenvalue weighted by atomic mass is 16.7. The van der Waals surface area contributed by atoms with Gasteiger partial charge in [0.1, 0.15) is 36.6 Å². The number of rotatable bonds is 8. The first kappa shape index (κ1) is 43.1. The van der Waals surface area contributed by atoms with E-state index in [0.717, 1.165) is 31.3 Å². The van der Waals surface area contributed by atoms with Gasteiger partial charge in [-0.15, -0.1) is 0 Å². The van der Waals surface area contributed by atoms with E-state index in [-0.39, 0.29) is 53.3 Å². The molecular weight excluding hydrogens is 724 g/mol. The predicted octanol–water partition coefficient (Wildman–Crippen LogP) is 1.32. The zero-order chi connectivity index (χ0) is 41.0.